The summed E-state index contributed by atoms with van der Waals surface area (Å²) in [5.41, 5.74) is 0.724. The highest BCUT2D eigenvalue weighted by Crippen LogP contribution is 2.17. The second-order valence-electron chi connectivity index (χ2n) is 4.45. The van der Waals surface area contributed by atoms with E-state index in [-0.39, 0.29) is 5.76 Å². The van der Waals surface area contributed by atoms with E-state index >= 15 is 0 Å². The molecule has 0 radical (unpaired) electrons. The molecule has 0 aliphatic rings. The van der Waals surface area contributed by atoms with E-state index in [1.165, 1.54) is 0 Å². The van der Waals surface area contributed by atoms with Crippen LogP contribution in [0.5, 0.6) is 0 Å². The van der Waals surface area contributed by atoms with Gasteiger partial charge in [0.05, 0.1) is 12.3 Å². The fourth-order valence-corrected chi connectivity index (χ4v) is 1.60. The average molecular weight is 239 g/mol. The molecule has 0 saturated heterocycles. The zero-order valence-electron chi connectivity index (χ0n) is 11.1. The predicted octanol–water partition coefficient (Wildman–Crippen LogP) is 3.00. The average Bonchev–Trinajstić information content (AvgIpc) is 2.61. The normalized spacial score (nSPS) is 10.9. The number of aromatic nitrogens is 1. The zero-order valence-corrected chi connectivity index (χ0v) is 11.1. The quantitative estimate of drug-likeness (QED) is 0.716. The first kappa shape index (κ1) is 13.7. The molecule has 0 fully saturated rings. The van der Waals surface area contributed by atoms with Crippen molar-refractivity contribution in [2.75, 3.05) is 6.61 Å². The minimum Gasteiger partial charge on any atom is -0.460 e. The Labute approximate surface area is 102 Å². The van der Waals surface area contributed by atoms with Crippen molar-refractivity contribution in [1.82, 2.24) is 4.98 Å². The summed E-state index contributed by atoms with van der Waals surface area (Å²) in [4.78, 5) is 16.1. The first-order valence-electron chi connectivity index (χ1n) is 6.24. The molecule has 0 atom stereocenters. The van der Waals surface area contributed by atoms with Crippen LogP contribution in [0.15, 0.2) is 4.42 Å². The van der Waals surface area contributed by atoms with Crippen LogP contribution in [-0.2, 0) is 17.6 Å². The largest absolute Gasteiger partial charge is 0.460 e. The van der Waals surface area contributed by atoms with Crippen molar-refractivity contribution in [3.8, 4) is 0 Å². The van der Waals surface area contributed by atoms with Gasteiger partial charge in [-0.25, -0.2) is 9.78 Å². The molecule has 0 saturated carbocycles. The molecule has 0 aliphatic carbocycles. The highest BCUT2D eigenvalue weighted by atomic mass is 16.5. The van der Waals surface area contributed by atoms with Gasteiger partial charge in [0, 0.05) is 6.42 Å². The van der Waals surface area contributed by atoms with Gasteiger partial charge in [-0.3, -0.25) is 0 Å². The summed E-state index contributed by atoms with van der Waals surface area (Å²) < 4.78 is 10.5. The van der Waals surface area contributed by atoms with E-state index in [0.717, 1.165) is 25.0 Å². The van der Waals surface area contributed by atoms with E-state index in [0.29, 0.717) is 18.4 Å². The number of carbonyl (C=O) groups is 1. The van der Waals surface area contributed by atoms with Crippen LogP contribution in [-0.4, -0.2) is 17.6 Å². The van der Waals surface area contributed by atoms with Crippen LogP contribution < -0.4 is 0 Å². The van der Waals surface area contributed by atoms with Gasteiger partial charge in [-0.2, -0.15) is 0 Å². The first-order chi connectivity index (χ1) is 8.08. The number of hydrogen-bond acceptors (Lipinski definition) is 4. The molecular weight excluding hydrogens is 218 g/mol. The van der Waals surface area contributed by atoms with Crippen molar-refractivity contribution in [3.05, 3.63) is 17.3 Å². The Balaban J connectivity index is 2.94. The van der Waals surface area contributed by atoms with Crippen molar-refractivity contribution in [2.24, 2.45) is 5.92 Å². The Morgan fingerprint density at radius 3 is 2.65 bits per heavy atom. The number of hydrogen-bond donors (Lipinski definition) is 0. The lowest BCUT2D eigenvalue weighted by Gasteiger charge is -2.02. The number of oxazole rings is 1. The van der Waals surface area contributed by atoms with Crippen LogP contribution in [0.25, 0.3) is 0 Å². The van der Waals surface area contributed by atoms with Gasteiger partial charge in [-0.05, 0) is 25.7 Å². The SMILES string of the molecule is CCCc1nc(CC(C)C)c(C(=O)OCC)o1. The van der Waals surface area contributed by atoms with Crippen molar-refractivity contribution in [1.29, 1.82) is 0 Å². The lowest BCUT2D eigenvalue weighted by Crippen LogP contribution is -2.08. The summed E-state index contributed by atoms with van der Waals surface area (Å²) in [5.74, 6) is 0.941. The van der Waals surface area contributed by atoms with Gasteiger partial charge >= 0.3 is 5.97 Å². The number of carbonyl (C=O) groups excluding carboxylic acids is 1. The predicted molar refractivity (Wildman–Crippen MR) is 65.0 cm³/mol. The fourth-order valence-electron chi connectivity index (χ4n) is 1.60. The number of nitrogens with zero attached hydrogens (tertiary/aromatic N) is 1. The smallest absolute Gasteiger partial charge is 0.376 e. The molecule has 4 nitrogen and oxygen atoms in total. The van der Waals surface area contributed by atoms with Gasteiger partial charge in [0.25, 0.3) is 0 Å². The van der Waals surface area contributed by atoms with Crippen LogP contribution in [0, 0.1) is 5.92 Å². The second-order valence-corrected chi connectivity index (χ2v) is 4.45. The third-order valence-electron chi connectivity index (χ3n) is 2.27. The molecule has 1 aromatic rings. The second kappa shape index (κ2) is 6.42. The minimum absolute atomic E-state index is 0.281. The molecule has 4 heteroatoms. The summed E-state index contributed by atoms with van der Waals surface area (Å²) >= 11 is 0. The molecule has 0 amide bonds. The van der Waals surface area contributed by atoms with Crippen molar-refractivity contribution in [3.63, 3.8) is 0 Å². The third kappa shape index (κ3) is 3.88. The molecule has 96 valence electrons. The molecule has 0 N–H and O–H groups in total. The third-order valence-corrected chi connectivity index (χ3v) is 2.27. The van der Waals surface area contributed by atoms with Gasteiger partial charge < -0.3 is 9.15 Å². The zero-order chi connectivity index (χ0) is 12.8. The molecule has 1 heterocycles. The van der Waals surface area contributed by atoms with Gasteiger partial charge in [0.2, 0.25) is 5.76 Å². The number of ether oxygens (including phenoxy) is 1. The van der Waals surface area contributed by atoms with E-state index in [9.17, 15) is 4.79 Å². The van der Waals surface area contributed by atoms with Crippen LogP contribution in [0.3, 0.4) is 0 Å². The van der Waals surface area contributed by atoms with Crippen molar-refractivity contribution in [2.45, 2.75) is 47.0 Å². The van der Waals surface area contributed by atoms with E-state index < -0.39 is 5.97 Å². The van der Waals surface area contributed by atoms with E-state index in [2.05, 4.69) is 25.8 Å². The van der Waals surface area contributed by atoms with Crippen molar-refractivity contribution >= 4 is 5.97 Å². The summed E-state index contributed by atoms with van der Waals surface area (Å²) in [7, 11) is 0. The maximum atomic E-state index is 11.7. The molecule has 1 aromatic heterocycles. The summed E-state index contributed by atoms with van der Waals surface area (Å²) in [5, 5.41) is 0. The van der Waals surface area contributed by atoms with Crippen molar-refractivity contribution < 1.29 is 13.9 Å². The Bertz CT molecular complexity index is 369. The van der Waals surface area contributed by atoms with Gasteiger partial charge in [-0.15, -0.1) is 0 Å². The van der Waals surface area contributed by atoms with Crippen LogP contribution >= 0.6 is 0 Å². The highest BCUT2D eigenvalue weighted by Gasteiger charge is 2.21. The summed E-state index contributed by atoms with van der Waals surface area (Å²) in [6.45, 7) is 8.36. The summed E-state index contributed by atoms with van der Waals surface area (Å²) in [6.07, 6.45) is 2.44. The van der Waals surface area contributed by atoms with Gasteiger partial charge in [-0.1, -0.05) is 20.8 Å². The number of rotatable bonds is 6. The lowest BCUT2D eigenvalue weighted by molar-refractivity contribution is 0.0486. The lowest BCUT2D eigenvalue weighted by atomic mass is 10.1. The maximum absolute atomic E-state index is 11.7. The fraction of sp³-hybridized carbons (Fsp3) is 0.692. The Hall–Kier alpha value is -1.32. The van der Waals surface area contributed by atoms with Gasteiger partial charge in [0.15, 0.2) is 5.89 Å². The topological polar surface area (TPSA) is 52.3 Å². The number of esters is 1. The highest BCUT2D eigenvalue weighted by molar-refractivity contribution is 5.87. The Morgan fingerprint density at radius 1 is 1.41 bits per heavy atom. The Kier molecular flexibility index (Phi) is 5.19. The van der Waals surface area contributed by atoms with Crippen LogP contribution in [0.4, 0.5) is 0 Å². The molecule has 1 rings (SSSR count). The van der Waals surface area contributed by atoms with E-state index in [1.807, 2.05) is 0 Å². The summed E-state index contributed by atoms with van der Waals surface area (Å²) in [6, 6.07) is 0. The molecule has 0 unspecified atom stereocenters. The van der Waals surface area contributed by atoms with Crippen LogP contribution in [0.2, 0.25) is 0 Å². The molecule has 0 aliphatic heterocycles. The van der Waals surface area contributed by atoms with Gasteiger partial charge in [0.1, 0.15) is 0 Å². The molecular formula is C13H21NO3. The standard InChI is InChI=1S/C13H21NO3/c1-5-7-11-14-10(8-9(3)4)12(17-11)13(15)16-6-2/h9H,5-8H2,1-4H3. The molecule has 0 bridgehead atoms. The van der Waals surface area contributed by atoms with E-state index in [1.54, 1.807) is 6.92 Å². The molecule has 0 aromatic carbocycles. The number of aryl methyl sites for hydroxylation is 1. The Morgan fingerprint density at radius 2 is 2.12 bits per heavy atom. The monoisotopic (exact) mass is 239 g/mol. The maximum Gasteiger partial charge on any atom is 0.376 e. The molecule has 0 spiro atoms. The van der Waals surface area contributed by atoms with Crippen LogP contribution in [0.1, 0.15) is 56.3 Å². The first-order valence-corrected chi connectivity index (χ1v) is 6.24. The minimum atomic E-state index is -0.405. The van der Waals surface area contributed by atoms with E-state index in [4.69, 9.17) is 9.15 Å². The molecule has 17 heavy (non-hydrogen) atoms.